The van der Waals surface area contributed by atoms with Gasteiger partial charge in [0.15, 0.2) is 0 Å². The second kappa shape index (κ2) is 4.85. The fourth-order valence-corrected chi connectivity index (χ4v) is 2.51. The van der Waals surface area contributed by atoms with E-state index in [1.54, 1.807) is 6.20 Å². The number of imidazole rings is 1. The maximum absolute atomic E-state index is 10.2. The topological polar surface area (TPSA) is 51.2 Å². The quantitative estimate of drug-likeness (QED) is 0.899. The summed E-state index contributed by atoms with van der Waals surface area (Å²) in [7, 11) is 1.97. The summed E-state index contributed by atoms with van der Waals surface area (Å²) >= 11 is 0. The van der Waals surface area contributed by atoms with Crippen LogP contribution in [0.5, 0.6) is 0 Å². The summed E-state index contributed by atoms with van der Waals surface area (Å²) in [5.74, 6) is 3.99. The Morgan fingerprint density at radius 1 is 1.53 bits per heavy atom. The van der Waals surface area contributed by atoms with Gasteiger partial charge in [0.1, 0.15) is 23.4 Å². The second-order valence-electron chi connectivity index (χ2n) is 5.57. The molecule has 0 aromatic carbocycles. The molecule has 3 atom stereocenters. The SMILES string of the molecule is CC1CC1c1ccc(C(O)CCc2nccn2C)o1. The van der Waals surface area contributed by atoms with Crippen molar-refractivity contribution in [1.82, 2.24) is 9.55 Å². The van der Waals surface area contributed by atoms with E-state index in [0.29, 0.717) is 18.1 Å². The van der Waals surface area contributed by atoms with Crippen molar-refractivity contribution in [3.05, 3.63) is 41.9 Å². The summed E-state index contributed by atoms with van der Waals surface area (Å²) in [5, 5.41) is 10.2. The van der Waals surface area contributed by atoms with Crippen LogP contribution in [0.1, 0.15) is 49.1 Å². The zero-order valence-electron chi connectivity index (χ0n) is 11.4. The van der Waals surface area contributed by atoms with Gasteiger partial charge in [-0.15, -0.1) is 0 Å². The van der Waals surface area contributed by atoms with Gasteiger partial charge in [-0.2, -0.15) is 0 Å². The molecule has 19 heavy (non-hydrogen) atoms. The molecular weight excluding hydrogens is 240 g/mol. The van der Waals surface area contributed by atoms with Gasteiger partial charge < -0.3 is 14.1 Å². The van der Waals surface area contributed by atoms with Gasteiger partial charge >= 0.3 is 0 Å². The number of furan rings is 1. The molecule has 1 N–H and O–H groups in total. The zero-order valence-corrected chi connectivity index (χ0v) is 11.4. The van der Waals surface area contributed by atoms with E-state index in [1.165, 1.54) is 6.42 Å². The van der Waals surface area contributed by atoms with Crippen LogP contribution < -0.4 is 0 Å². The number of aromatic nitrogens is 2. The van der Waals surface area contributed by atoms with Crippen molar-refractivity contribution in [2.75, 3.05) is 0 Å². The molecule has 0 spiro atoms. The Balaban J connectivity index is 1.59. The molecule has 1 aliphatic carbocycles. The van der Waals surface area contributed by atoms with Gasteiger partial charge in [-0.05, 0) is 30.9 Å². The summed E-state index contributed by atoms with van der Waals surface area (Å²) in [4.78, 5) is 4.26. The van der Waals surface area contributed by atoms with Crippen LogP contribution in [0.15, 0.2) is 28.9 Å². The normalized spacial score (nSPS) is 23.5. The zero-order chi connectivity index (χ0) is 13.4. The lowest BCUT2D eigenvalue weighted by Gasteiger charge is -2.07. The highest BCUT2D eigenvalue weighted by molar-refractivity contribution is 5.18. The highest BCUT2D eigenvalue weighted by Crippen LogP contribution is 2.47. The molecule has 1 aliphatic rings. The minimum absolute atomic E-state index is 0.542. The molecule has 3 unspecified atom stereocenters. The largest absolute Gasteiger partial charge is 0.463 e. The third kappa shape index (κ3) is 2.59. The van der Waals surface area contributed by atoms with E-state index in [0.717, 1.165) is 23.9 Å². The highest BCUT2D eigenvalue weighted by atomic mass is 16.4. The predicted molar refractivity (Wildman–Crippen MR) is 71.7 cm³/mol. The van der Waals surface area contributed by atoms with Crippen LogP contribution in [0.2, 0.25) is 0 Å². The highest BCUT2D eigenvalue weighted by Gasteiger charge is 2.36. The number of hydrogen-bond acceptors (Lipinski definition) is 3. The van der Waals surface area contributed by atoms with E-state index in [9.17, 15) is 5.11 Å². The average Bonchev–Trinajstić information content (AvgIpc) is 2.83. The van der Waals surface area contributed by atoms with E-state index in [-0.39, 0.29) is 0 Å². The van der Waals surface area contributed by atoms with Crippen LogP contribution in [0.3, 0.4) is 0 Å². The first-order valence-electron chi connectivity index (χ1n) is 6.89. The Bertz CT molecular complexity index is 558. The molecule has 4 nitrogen and oxygen atoms in total. The molecule has 0 bridgehead atoms. The molecule has 1 saturated carbocycles. The van der Waals surface area contributed by atoms with Crippen molar-refractivity contribution >= 4 is 0 Å². The van der Waals surface area contributed by atoms with Gasteiger partial charge in [0.05, 0.1) is 0 Å². The molecule has 4 heteroatoms. The van der Waals surface area contributed by atoms with E-state index in [2.05, 4.69) is 11.9 Å². The predicted octanol–water partition coefficient (Wildman–Crippen LogP) is 2.80. The van der Waals surface area contributed by atoms with Gasteiger partial charge in [-0.3, -0.25) is 0 Å². The first kappa shape index (κ1) is 12.5. The third-order valence-electron chi connectivity index (χ3n) is 4.01. The van der Waals surface area contributed by atoms with Crippen molar-refractivity contribution in [2.24, 2.45) is 13.0 Å². The van der Waals surface area contributed by atoms with Gasteiger partial charge in [-0.25, -0.2) is 4.98 Å². The molecule has 0 saturated heterocycles. The molecule has 1 fully saturated rings. The standard InChI is InChI=1S/C15H20N2O2/c1-10-9-11(10)13-4-5-14(19-13)12(18)3-6-15-16-7-8-17(15)2/h4-5,7-8,10-12,18H,3,6,9H2,1-2H3. The average molecular weight is 260 g/mol. The van der Waals surface area contributed by atoms with Crippen LogP contribution >= 0.6 is 0 Å². The van der Waals surface area contributed by atoms with Crippen LogP contribution in [0, 0.1) is 5.92 Å². The van der Waals surface area contributed by atoms with Gasteiger partial charge in [-0.1, -0.05) is 6.92 Å². The van der Waals surface area contributed by atoms with Crippen molar-refractivity contribution in [3.8, 4) is 0 Å². The van der Waals surface area contributed by atoms with Crippen molar-refractivity contribution in [1.29, 1.82) is 0 Å². The molecule has 2 aromatic rings. The molecule has 102 valence electrons. The van der Waals surface area contributed by atoms with Crippen LogP contribution in [0.25, 0.3) is 0 Å². The number of aliphatic hydroxyl groups is 1. The summed E-state index contributed by atoms with van der Waals surface area (Å²) in [6, 6.07) is 3.91. The number of aliphatic hydroxyl groups excluding tert-OH is 1. The Morgan fingerprint density at radius 3 is 2.95 bits per heavy atom. The minimum Gasteiger partial charge on any atom is -0.463 e. The first-order valence-corrected chi connectivity index (χ1v) is 6.89. The summed E-state index contributed by atoms with van der Waals surface area (Å²) in [5.41, 5.74) is 0. The summed E-state index contributed by atoms with van der Waals surface area (Å²) in [6.45, 7) is 2.23. The van der Waals surface area contributed by atoms with E-state index in [1.807, 2.05) is 29.9 Å². The van der Waals surface area contributed by atoms with Crippen molar-refractivity contribution < 1.29 is 9.52 Å². The Morgan fingerprint density at radius 2 is 2.32 bits per heavy atom. The lowest BCUT2D eigenvalue weighted by Crippen LogP contribution is -2.02. The maximum atomic E-state index is 10.2. The molecule has 3 rings (SSSR count). The molecular formula is C15H20N2O2. The second-order valence-corrected chi connectivity index (χ2v) is 5.57. The number of hydrogen-bond donors (Lipinski definition) is 1. The Labute approximate surface area is 113 Å². The lowest BCUT2D eigenvalue weighted by molar-refractivity contribution is 0.137. The smallest absolute Gasteiger partial charge is 0.132 e. The van der Waals surface area contributed by atoms with Crippen molar-refractivity contribution in [2.45, 2.75) is 38.2 Å². The van der Waals surface area contributed by atoms with Crippen LogP contribution in [-0.4, -0.2) is 14.7 Å². The van der Waals surface area contributed by atoms with Crippen LogP contribution in [-0.2, 0) is 13.5 Å². The number of aryl methyl sites for hydroxylation is 2. The fourth-order valence-electron chi connectivity index (χ4n) is 2.51. The van der Waals surface area contributed by atoms with E-state index >= 15 is 0 Å². The minimum atomic E-state index is -0.542. The molecule has 2 aromatic heterocycles. The Hall–Kier alpha value is -1.55. The summed E-state index contributed by atoms with van der Waals surface area (Å²) < 4.78 is 7.74. The van der Waals surface area contributed by atoms with E-state index in [4.69, 9.17) is 4.42 Å². The Kier molecular flexibility index (Phi) is 3.19. The molecule has 0 radical (unpaired) electrons. The maximum Gasteiger partial charge on any atom is 0.132 e. The van der Waals surface area contributed by atoms with Crippen molar-refractivity contribution in [3.63, 3.8) is 0 Å². The third-order valence-corrected chi connectivity index (χ3v) is 4.01. The van der Waals surface area contributed by atoms with Crippen LogP contribution in [0.4, 0.5) is 0 Å². The van der Waals surface area contributed by atoms with Gasteiger partial charge in [0.2, 0.25) is 0 Å². The monoisotopic (exact) mass is 260 g/mol. The number of rotatable bonds is 5. The fraction of sp³-hybridized carbons (Fsp3) is 0.533. The molecule has 0 amide bonds. The first-order chi connectivity index (χ1) is 9.15. The lowest BCUT2D eigenvalue weighted by atomic mass is 10.1. The molecule has 0 aliphatic heterocycles. The van der Waals surface area contributed by atoms with E-state index < -0.39 is 6.10 Å². The molecule has 2 heterocycles. The summed E-state index contributed by atoms with van der Waals surface area (Å²) in [6.07, 6.45) is 5.75. The van der Waals surface area contributed by atoms with Gasteiger partial charge in [0.25, 0.3) is 0 Å². The van der Waals surface area contributed by atoms with Gasteiger partial charge in [0, 0.05) is 31.8 Å². The number of nitrogens with zero attached hydrogens (tertiary/aromatic N) is 2.